The SMILES string of the molecule is Cc1cccnc1CC(=O)NC1(C)CCNCC1. The van der Waals surface area contributed by atoms with Crippen molar-refractivity contribution in [1.29, 1.82) is 0 Å². The first-order valence-electron chi connectivity index (χ1n) is 6.51. The average Bonchev–Trinajstić information content (AvgIpc) is 2.32. The predicted molar refractivity (Wildman–Crippen MR) is 71.3 cm³/mol. The lowest BCUT2D eigenvalue weighted by Gasteiger charge is -2.35. The van der Waals surface area contributed by atoms with Crippen LogP contribution < -0.4 is 10.6 Å². The van der Waals surface area contributed by atoms with E-state index in [9.17, 15) is 4.79 Å². The summed E-state index contributed by atoms with van der Waals surface area (Å²) in [5.74, 6) is 0.0706. The lowest BCUT2D eigenvalue weighted by atomic mass is 9.90. The van der Waals surface area contributed by atoms with E-state index in [0.29, 0.717) is 6.42 Å². The molecule has 98 valence electrons. The molecule has 1 fully saturated rings. The Morgan fingerprint density at radius 1 is 1.50 bits per heavy atom. The highest BCUT2D eigenvalue weighted by Gasteiger charge is 2.28. The van der Waals surface area contributed by atoms with Gasteiger partial charge in [-0.2, -0.15) is 0 Å². The zero-order chi connectivity index (χ0) is 13.0. The molecular formula is C14H21N3O. The minimum Gasteiger partial charge on any atom is -0.351 e. The lowest BCUT2D eigenvalue weighted by Crippen LogP contribution is -2.52. The Hall–Kier alpha value is -1.42. The van der Waals surface area contributed by atoms with Crippen LogP contribution in [-0.2, 0) is 11.2 Å². The maximum Gasteiger partial charge on any atom is 0.226 e. The highest BCUT2D eigenvalue weighted by atomic mass is 16.1. The first-order chi connectivity index (χ1) is 8.59. The predicted octanol–water partition coefficient (Wildman–Crippen LogP) is 1.19. The van der Waals surface area contributed by atoms with Gasteiger partial charge in [0.25, 0.3) is 0 Å². The van der Waals surface area contributed by atoms with E-state index >= 15 is 0 Å². The molecule has 0 bridgehead atoms. The van der Waals surface area contributed by atoms with Gasteiger partial charge in [0.05, 0.1) is 12.1 Å². The summed E-state index contributed by atoms with van der Waals surface area (Å²) in [6.45, 7) is 6.05. The number of carbonyl (C=O) groups excluding carboxylic acids is 1. The van der Waals surface area contributed by atoms with Crippen LogP contribution in [0.1, 0.15) is 31.0 Å². The topological polar surface area (TPSA) is 54.0 Å². The number of pyridine rings is 1. The Kier molecular flexibility index (Phi) is 3.97. The zero-order valence-corrected chi connectivity index (χ0v) is 11.1. The van der Waals surface area contributed by atoms with Crippen molar-refractivity contribution < 1.29 is 4.79 Å². The monoisotopic (exact) mass is 247 g/mol. The van der Waals surface area contributed by atoms with Crippen LogP contribution >= 0.6 is 0 Å². The fourth-order valence-corrected chi connectivity index (χ4v) is 2.34. The van der Waals surface area contributed by atoms with E-state index in [1.807, 2.05) is 19.1 Å². The molecule has 0 aromatic carbocycles. The third kappa shape index (κ3) is 3.29. The molecule has 0 atom stereocenters. The summed E-state index contributed by atoms with van der Waals surface area (Å²) in [4.78, 5) is 16.3. The van der Waals surface area contributed by atoms with Gasteiger partial charge in [-0.25, -0.2) is 0 Å². The van der Waals surface area contributed by atoms with Gasteiger partial charge in [-0.05, 0) is 51.4 Å². The van der Waals surface area contributed by atoms with Crippen LogP contribution in [0.25, 0.3) is 0 Å². The van der Waals surface area contributed by atoms with Crippen molar-refractivity contribution in [2.75, 3.05) is 13.1 Å². The van der Waals surface area contributed by atoms with E-state index in [1.165, 1.54) is 0 Å². The van der Waals surface area contributed by atoms with Crippen LogP contribution in [0.15, 0.2) is 18.3 Å². The summed E-state index contributed by atoms with van der Waals surface area (Å²) in [5, 5.41) is 6.46. The number of carbonyl (C=O) groups is 1. The molecule has 1 amide bonds. The van der Waals surface area contributed by atoms with Crippen LogP contribution in [0.4, 0.5) is 0 Å². The third-order valence-corrected chi connectivity index (χ3v) is 3.59. The maximum absolute atomic E-state index is 12.1. The molecule has 2 heterocycles. The fraction of sp³-hybridized carbons (Fsp3) is 0.571. The molecule has 2 rings (SSSR count). The Balaban J connectivity index is 1.94. The molecule has 1 aliphatic rings. The van der Waals surface area contributed by atoms with Gasteiger partial charge in [-0.3, -0.25) is 9.78 Å². The second-order valence-electron chi connectivity index (χ2n) is 5.30. The van der Waals surface area contributed by atoms with Gasteiger partial charge in [-0.15, -0.1) is 0 Å². The minimum atomic E-state index is -0.0645. The summed E-state index contributed by atoms with van der Waals surface area (Å²) < 4.78 is 0. The summed E-state index contributed by atoms with van der Waals surface area (Å²) in [6, 6.07) is 3.88. The van der Waals surface area contributed by atoms with Gasteiger partial charge < -0.3 is 10.6 Å². The molecule has 0 radical (unpaired) electrons. The Morgan fingerprint density at radius 2 is 2.22 bits per heavy atom. The van der Waals surface area contributed by atoms with Gasteiger partial charge >= 0.3 is 0 Å². The van der Waals surface area contributed by atoms with E-state index in [4.69, 9.17) is 0 Å². The Morgan fingerprint density at radius 3 is 2.89 bits per heavy atom. The standard InChI is InChI=1S/C14H21N3O/c1-11-4-3-7-16-12(11)10-13(18)17-14(2)5-8-15-9-6-14/h3-4,7,15H,5-6,8-10H2,1-2H3,(H,17,18). The first kappa shape index (κ1) is 13.0. The number of aryl methyl sites for hydroxylation is 1. The first-order valence-corrected chi connectivity index (χ1v) is 6.51. The smallest absolute Gasteiger partial charge is 0.226 e. The maximum atomic E-state index is 12.1. The molecule has 0 aliphatic carbocycles. The molecule has 1 aromatic rings. The number of hydrogen-bond donors (Lipinski definition) is 2. The highest BCUT2D eigenvalue weighted by molar-refractivity contribution is 5.79. The number of amides is 1. The van der Waals surface area contributed by atoms with Crippen molar-refractivity contribution in [1.82, 2.24) is 15.6 Å². The molecule has 0 saturated carbocycles. The average molecular weight is 247 g/mol. The fourth-order valence-electron chi connectivity index (χ4n) is 2.34. The summed E-state index contributed by atoms with van der Waals surface area (Å²) in [6.07, 6.45) is 4.08. The zero-order valence-electron chi connectivity index (χ0n) is 11.1. The van der Waals surface area contributed by atoms with Gasteiger partial charge in [0, 0.05) is 11.7 Å². The molecule has 0 unspecified atom stereocenters. The van der Waals surface area contributed by atoms with Crippen LogP contribution in [0.5, 0.6) is 0 Å². The van der Waals surface area contributed by atoms with E-state index in [0.717, 1.165) is 37.2 Å². The summed E-state index contributed by atoms with van der Waals surface area (Å²) in [5.41, 5.74) is 1.88. The highest BCUT2D eigenvalue weighted by Crippen LogP contribution is 2.17. The molecule has 18 heavy (non-hydrogen) atoms. The van der Waals surface area contributed by atoms with Crippen molar-refractivity contribution in [3.63, 3.8) is 0 Å². The molecule has 1 aliphatic heterocycles. The third-order valence-electron chi connectivity index (χ3n) is 3.59. The molecule has 0 spiro atoms. The van der Waals surface area contributed by atoms with Crippen molar-refractivity contribution in [3.05, 3.63) is 29.6 Å². The number of rotatable bonds is 3. The number of piperidine rings is 1. The molecular weight excluding hydrogens is 226 g/mol. The van der Waals surface area contributed by atoms with Crippen molar-refractivity contribution in [2.24, 2.45) is 0 Å². The van der Waals surface area contributed by atoms with E-state index < -0.39 is 0 Å². The summed E-state index contributed by atoms with van der Waals surface area (Å²) in [7, 11) is 0. The van der Waals surface area contributed by atoms with Crippen molar-refractivity contribution in [3.8, 4) is 0 Å². The van der Waals surface area contributed by atoms with Gasteiger partial charge in [0.1, 0.15) is 0 Å². The Bertz CT molecular complexity index is 425. The second-order valence-corrected chi connectivity index (χ2v) is 5.30. The number of hydrogen-bond acceptors (Lipinski definition) is 3. The van der Waals surface area contributed by atoms with Crippen LogP contribution in [0.3, 0.4) is 0 Å². The van der Waals surface area contributed by atoms with E-state index in [1.54, 1.807) is 6.20 Å². The molecule has 4 nitrogen and oxygen atoms in total. The largest absolute Gasteiger partial charge is 0.351 e. The van der Waals surface area contributed by atoms with Crippen molar-refractivity contribution >= 4 is 5.91 Å². The molecule has 1 saturated heterocycles. The van der Waals surface area contributed by atoms with Crippen LogP contribution in [-0.4, -0.2) is 29.5 Å². The van der Waals surface area contributed by atoms with Gasteiger partial charge in [-0.1, -0.05) is 6.07 Å². The van der Waals surface area contributed by atoms with E-state index in [-0.39, 0.29) is 11.4 Å². The second kappa shape index (κ2) is 5.48. The molecule has 1 aromatic heterocycles. The number of aromatic nitrogens is 1. The lowest BCUT2D eigenvalue weighted by molar-refractivity contribution is -0.122. The summed E-state index contributed by atoms with van der Waals surface area (Å²) >= 11 is 0. The van der Waals surface area contributed by atoms with Crippen LogP contribution in [0, 0.1) is 6.92 Å². The molecule has 2 N–H and O–H groups in total. The van der Waals surface area contributed by atoms with Crippen molar-refractivity contribution in [2.45, 2.75) is 38.6 Å². The van der Waals surface area contributed by atoms with Gasteiger partial charge in [0.15, 0.2) is 0 Å². The number of nitrogens with one attached hydrogen (secondary N) is 2. The normalized spacial score (nSPS) is 18.3. The van der Waals surface area contributed by atoms with Gasteiger partial charge in [0.2, 0.25) is 5.91 Å². The molecule has 4 heteroatoms. The minimum absolute atomic E-state index is 0.0645. The number of nitrogens with zero attached hydrogens (tertiary/aromatic N) is 1. The van der Waals surface area contributed by atoms with Crippen LogP contribution in [0.2, 0.25) is 0 Å². The van der Waals surface area contributed by atoms with E-state index in [2.05, 4.69) is 22.5 Å². The Labute approximate surface area is 108 Å². The quantitative estimate of drug-likeness (QED) is 0.843.